The van der Waals surface area contributed by atoms with Gasteiger partial charge < -0.3 is 4.57 Å². The molecule has 3 heterocycles. The molecular formula is C10H13N5O2S. The Balaban J connectivity index is 1.95. The van der Waals surface area contributed by atoms with E-state index in [-0.39, 0.29) is 4.90 Å². The van der Waals surface area contributed by atoms with Crippen molar-refractivity contribution in [2.75, 3.05) is 6.54 Å². The Hall–Kier alpha value is -1.67. The zero-order valence-corrected chi connectivity index (χ0v) is 10.7. The molecule has 8 heteroatoms. The van der Waals surface area contributed by atoms with Gasteiger partial charge in [-0.1, -0.05) is 0 Å². The van der Waals surface area contributed by atoms with Crippen LogP contribution in [0.2, 0.25) is 0 Å². The van der Waals surface area contributed by atoms with Gasteiger partial charge in [-0.05, 0) is 6.92 Å². The number of aryl methyl sites for hydroxylation is 1. The minimum absolute atomic E-state index is 0.238. The first-order chi connectivity index (χ1) is 8.59. The van der Waals surface area contributed by atoms with Crippen LogP contribution >= 0.6 is 0 Å². The summed E-state index contributed by atoms with van der Waals surface area (Å²) in [6, 6.07) is 0. The number of aromatic nitrogens is 4. The lowest BCUT2D eigenvalue weighted by Gasteiger charge is -2.26. The summed E-state index contributed by atoms with van der Waals surface area (Å²) in [4.78, 5) is 4.40. The van der Waals surface area contributed by atoms with E-state index in [9.17, 15) is 8.42 Å². The van der Waals surface area contributed by atoms with Crippen molar-refractivity contribution in [1.82, 2.24) is 24.1 Å². The van der Waals surface area contributed by atoms with Crippen LogP contribution in [0, 0.1) is 6.92 Å². The Morgan fingerprint density at radius 1 is 1.39 bits per heavy atom. The lowest BCUT2D eigenvalue weighted by Crippen LogP contribution is -2.38. The fraction of sp³-hybridized carbons (Fsp3) is 0.400. The topological polar surface area (TPSA) is 83.9 Å². The number of sulfonamides is 1. The molecule has 0 aliphatic carbocycles. The SMILES string of the molecule is Cc1[nH]ncc1S(=O)(=O)N1CCn2ccnc2C1. The van der Waals surface area contributed by atoms with Crippen LogP contribution < -0.4 is 0 Å². The van der Waals surface area contributed by atoms with E-state index in [1.54, 1.807) is 13.1 Å². The van der Waals surface area contributed by atoms with Gasteiger partial charge in [-0.2, -0.15) is 9.40 Å². The number of imidazole rings is 1. The van der Waals surface area contributed by atoms with E-state index in [1.807, 2.05) is 10.8 Å². The van der Waals surface area contributed by atoms with Crippen LogP contribution in [-0.4, -0.2) is 39.0 Å². The molecule has 0 bridgehead atoms. The molecule has 1 N–H and O–H groups in total. The van der Waals surface area contributed by atoms with Crippen molar-refractivity contribution in [2.24, 2.45) is 0 Å². The van der Waals surface area contributed by atoms with Crippen LogP contribution in [0.3, 0.4) is 0 Å². The van der Waals surface area contributed by atoms with Gasteiger partial charge in [0.2, 0.25) is 10.0 Å². The minimum Gasteiger partial charge on any atom is -0.333 e. The summed E-state index contributed by atoms with van der Waals surface area (Å²) in [5.74, 6) is 0.769. The average molecular weight is 267 g/mol. The number of H-pyrrole nitrogens is 1. The van der Waals surface area contributed by atoms with Crippen LogP contribution in [0.15, 0.2) is 23.5 Å². The molecule has 1 aliphatic heterocycles. The van der Waals surface area contributed by atoms with E-state index < -0.39 is 10.0 Å². The maximum absolute atomic E-state index is 12.4. The van der Waals surface area contributed by atoms with Crippen molar-refractivity contribution >= 4 is 10.0 Å². The lowest BCUT2D eigenvalue weighted by atomic mass is 10.4. The molecule has 7 nitrogen and oxygen atoms in total. The smallest absolute Gasteiger partial charge is 0.246 e. The third kappa shape index (κ3) is 1.65. The monoisotopic (exact) mass is 267 g/mol. The predicted octanol–water partition coefficient (Wildman–Crippen LogP) is 0.119. The molecule has 0 saturated heterocycles. The standard InChI is InChI=1S/C10H13N5O2S/c1-8-9(6-12-13-8)18(16,17)15-5-4-14-3-2-11-10(14)7-15/h2-3,6H,4-5,7H2,1H3,(H,12,13). The lowest BCUT2D eigenvalue weighted by molar-refractivity contribution is 0.335. The number of hydrogen-bond donors (Lipinski definition) is 1. The summed E-state index contributed by atoms with van der Waals surface area (Å²) < 4.78 is 28.3. The van der Waals surface area contributed by atoms with Crippen molar-refractivity contribution in [1.29, 1.82) is 0 Å². The summed E-state index contributed by atoms with van der Waals surface area (Å²) in [7, 11) is -3.48. The molecule has 0 unspecified atom stereocenters. The van der Waals surface area contributed by atoms with Crippen LogP contribution in [0.4, 0.5) is 0 Å². The van der Waals surface area contributed by atoms with Crippen molar-refractivity contribution in [3.05, 3.63) is 30.1 Å². The van der Waals surface area contributed by atoms with Crippen molar-refractivity contribution in [3.8, 4) is 0 Å². The van der Waals surface area contributed by atoms with Crippen molar-refractivity contribution in [2.45, 2.75) is 24.9 Å². The molecule has 0 atom stereocenters. The molecule has 0 radical (unpaired) electrons. The summed E-state index contributed by atoms with van der Waals surface area (Å²) in [6.07, 6.45) is 4.91. The van der Waals surface area contributed by atoms with E-state index in [4.69, 9.17) is 0 Å². The summed E-state index contributed by atoms with van der Waals surface area (Å²) in [6.45, 7) is 3.09. The van der Waals surface area contributed by atoms with Crippen LogP contribution in [0.5, 0.6) is 0 Å². The van der Waals surface area contributed by atoms with Crippen molar-refractivity contribution < 1.29 is 8.42 Å². The maximum Gasteiger partial charge on any atom is 0.246 e. The first-order valence-electron chi connectivity index (χ1n) is 5.59. The number of fused-ring (bicyclic) bond motifs is 1. The third-order valence-electron chi connectivity index (χ3n) is 3.11. The average Bonchev–Trinajstić information content (AvgIpc) is 2.95. The second-order valence-corrected chi connectivity index (χ2v) is 6.14. The first kappa shape index (κ1) is 11.4. The molecule has 0 fully saturated rings. The van der Waals surface area contributed by atoms with Gasteiger partial charge in [0.25, 0.3) is 0 Å². The van der Waals surface area contributed by atoms with Gasteiger partial charge in [0.05, 0.1) is 18.4 Å². The molecule has 18 heavy (non-hydrogen) atoms. The Morgan fingerprint density at radius 2 is 2.22 bits per heavy atom. The van der Waals surface area contributed by atoms with E-state index in [0.29, 0.717) is 25.3 Å². The van der Waals surface area contributed by atoms with Gasteiger partial charge >= 0.3 is 0 Å². The molecule has 1 aliphatic rings. The molecule has 2 aromatic heterocycles. The fourth-order valence-corrected chi connectivity index (χ4v) is 3.60. The third-order valence-corrected chi connectivity index (χ3v) is 5.07. The minimum atomic E-state index is -3.48. The number of nitrogens with one attached hydrogen (secondary N) is 1. The van der Waals surface area contributed by atoms with Crippen LogP contribution in [0.25, 0.3) is 0 Å². The van der Waals surface area contributed by atoms with E-state index in [1.165, 1.54) is 10.5 Å². The van der Waals surface area contributed by atoms with Crippen LogP contribution in [0.1, 0.15) is 11.5 Å². The van der Waals surface area contributed by atoms with Gasteiger partial charge in [0.1, 0.15) is 10.7 Å². The summed E-state index contributed by atoms with van der Waals surface area (Å²) >= 11 is 0. The highest BCUT2D eigenvalue weighted by Crippen LogP contribution is 2.21. The van der Waals surface area contributed by atoms with Gasteiger partial charge in [-0.15, -0.1) is 0 Å². The number of rotatable bonds is 2. The molecule has 0 amide bonds. The van der Waals surface area contributed by atoms with Crippen molar-refractivity contribution in [3.63, 3.8) is 0 Å². The second-order valence-electron chi connectivity index (χ2n) is 4.23. The maximum atomic E-state index is 12.4. The molecule has 3 rings (SSSR count). The molecule has 0 saturated carbocycles. The Kier molecular flexibility index (Phi) is 2.49. The van der Waals surface area contributed by atoms with E-state index in [2.05, 4.69) is 15.2 Å². The van der Waals surface area contributed by atoms with Gasteiger partial charge in [0, 0.05) is 25.5 Å². The highest BCUT2D eigenvalue weighted by molar-refractivity contribution is 7.89. The normalized spacial score (nSPS) is 16.7. The highest BCUT2D eigenvalue weighted by atomic mass is 32.2. The Labute approximate surface area is 104 Å². The Bertz CT molecular complexity index is 672. The molecule has 2 aromatic rings. The summed E-state index contributed by atoms with van der Waals surface area (Å²) in [5, 5.41) is 6.42. The highest BCUT2D eigenvalue weighted by Gasteiger charge is 2.30. The van der Waals surface area contributed by atoms with Gasteiger partial charge in [0.15, 0.2) is 0 Å². The zero-order valence-electron chi connectivity index (χ0n) is 9.87. The van der Waals surface area contributed by atoms with Gasteiger partial charge in [-0.25, -0.2) is 13.4 Å². The predicted molar refractivity (Wildman–Crippen MR) is 63.1 cm³/mol. The molecular weight excluding hydrogens is 254 g/mol. The molecule has 0 aromatic carbocycles. The second kappa shape index (κ2) is 3.92. The number of aromatic amines is 1. The molecule has 0 spiro atoms. The Morgan fingerprint density at radius 3 is 2.94 bits per heavy atom. The summed E-state index contributed by atoms with van der Waals surface area (Å²) in [5.41, 5.74) is 0.559. The van der Waals surface area contributed by atoms with Gasteiger partial charge in [-0.3, -0.25) is 5.10 Å². The zero-order chi connectivity index (χ0) is 12.8. The molecule has 96 valence electrons. The van der Waals surface area contributed by atoms with E-state index >= 15 is 0 Å². The van der Waals surface area contributed by atoms with E-state index in [0.717, 1.165) is 5.82 Å². The largest absolute Gasteiger partial charge is 0.333 e. The van der Waals surface area contributed by atoms with Crippen LogP contribution in [-0.2, 0) is 23.1 Å². The number of nitrogens with zero attached hydrogens (tertiary/aromatic N) is 4. The number of hydrogen-bond acceptors (Lipinski definition) is 4. The first-order valence-corrected chi connectivity index (χ1v) is 7.03. The fourth-order valence-electron chi connectivity index (χ4n) is 2.10. The quantitative estimate of drug-likeness (QED) is 0.837.